The molecule has 2 aromatic rings. The fourth-order valence-electron chi connectivity index (χ4n) is 1.70. The molecule has 0 spiro atoms. The molecule has 0 aliphatic carbocycles. The number of carbonyl (C=O) groups excluding carboxylic acids is 1. The first-order valence-corrected chi connectivity index (χ1v) is 4.60. The minimum Gasteiger partial charge on any atom is -0.398 e. The van der Waals surface area contributed by atoms with Crippen molar-refractivity contribution < 1.29 is 9.53 Å². The van der Waals surface area contributed by atoms with Crippen molar-refractivity contribution in [3.63, 3.8) is 0 Å². The Balaban J connectivity index is 2.69. The molecule has 0 saturated heterocycles. The van der Waals surface area contributed by atoms with Gasteiger partial charge in [-0.2, -0.15) is 0 Å². The van der Waals surface area contributed by atoms with Crippen LogP contribution in [-0.2, 0) is 11.3 Å². The number of rotatable bonds is 3. The molecular weight excluding hydrogens is 192 g/mol. The third-order valence-corrected chi connectivity index (χ3v) is 2.43. The average Bonchev–Trinajstić information content (AvgIpc) is 2.66. The average molecular weight is 204 g/mol. The molecule has 4 nitrogen and oxygen atoms in total. The van der Waals surface area contributed by atoms with Gasteiger partial charge in [0.2, 0.25) is 0 Å². The fourth-order valence-corrected chi connectivity index (χ4v) is 1.70. The number of anilines is 1. The SMILES string of the molecule is COCc1ccc2[nH]cc(C=O)c2c1N. The molecule has 0 aliphatic rings. The van der Waals surface area contributed by atoms with Crippen molar-refractivity contribution in [2.45, 2.75) is 6.61 Å². The third-order valence-electron chi connectivity index (χ3n) is 2.43. The molecule has 4 heteroatoms. The van der Waals surface area contributed by atoms with Crippen LogP contribution in [0.2, 0.25) is 0 Å². The topological polar surface area (TPSA) is 68.1 Å². The number of aldehydes is 1. The summed E-state index contributed by atoms with van der Waals surface area (Å²) in [5.41, 5.74) is 8.93. The van der Waals surface area contributed by atoms with Crippen molar-refractivity contribution in [1.82, 2.24) is 4.98 Å². The number of H-pyrrole nitrogens is 1. The van der Waals surface area contributed by atoms with Gasteiger partial charge in [-0.05, 0) is 6.07 Å². The van der Waals surface area contributed by atoms with Gasteiger partial charge in [0, 0.05) is 41.0 Å². The first-order valence-electron chi connectivity index (χ1n) is 4.60. The summed E-state index contributed by atoms with van der Waals surface area (Å²) in [7, 11) is 1.61. The summed E-state index contributed by atoms with van der Waals surface area (Å²) >= 11 is 0. The molecule has 0 unspecified atom stereocenters. The zero-order valence-corrected chi connectivity index (χ0v) is 8.41. The van der Waals surface area contributed by atoms with E-state index in [-0.39, 0.29) is 0 Å². The Labute approximate surface area is 87.0 Å². The minimum absolute atomic E-state index is 0.450. The molecule has 15 heavy (non-hydrogen) atoms. The van der Waals surface area contributed by atoms with Crippen LogP contribution in [0.5, 0.6) is 0 Å². The molecule has 0 radical (unpaired) electrons. The number of nitrogens with two attached hydrogens (primary N) is 1. The third kappa shape index (κ3) is 1.49. The zero-order chi connectivity index (χ0) is 10.8. The number of nitrogens with one attached hydrogen (secondary N) is 1. The Morgan fingerprint density at radius 1 is 1.53 bits per heavy atom. The second-order valence-electron chi connectivity index (χ2n) is 3.36. The van der Waals surface area contributed by atoms with E-state index in [1.807, 2.05) is 12.1 Å². The Morgan fingerprint density at radius 3 is 3.00 bits per heavy atom. The number of fused-ring (bicyclic) bond motifs is 1. The lowest BCUT2D eigenvalue weighted by Crippen LogP contribution is -1.97. The van der Waals surface area contributed by atoms with Crippen LogP contribution in [0.3, 0.4) is 0 Å². The van der Waals surface area contributed by atoms with Crippen molar-refractivity contribution in [2.24, 2.45) is 0 Å². The molecule has 0 aliphatic heterocycles. The number of aromatic amines is 1. The first kappa shape index (κ1) is 9.73. The summed E-state index contributed by atoms with van der Waals surface area (Å²) in [6.07, 6.45) is 2.45. The van der Waals surface area contributed by atoms with E-state index in [1.54, 1.807) is 13.3 Å². The maximum atomic E-state index is 10.8. The molecule has 0 saturated carbocycles. The monoisotopic (exact) mass is 204 g/mol. The molecule has 1 aromatic heterocycles. The molecule has 0 fully saturated rings. The number of aromatic nitrogens is 1. The zero-order valence-electron chi connectivity index (χ0n) is 8.41. The summed E-state index contributed by atoms with van der Waals surface area (Å²) < 4.78 is 5.03. The molecule has 1 aromatic carbocycles. The van der Waals surface area contributed by atoms with Crippen LogP contribution >= 0.6 is 0 Å². The Morgan fingerprint density at radius 2 is 2.33 bits per heavy atom. The number of ether oxygens (including phenoxy) is 1. The lowest BCUT2D eigenvalue weighted by atomic mass is 10.1. The van der Waals surface area contributed by atoms with Crippen LogP contribution in [0, 0.1) is 0 Å². The second-order valence-corrected chi connectivity index (χ2v) is 3.36. The summed E-state index contributed by atoms with van der Waals surface area (Å²) in [5, 5.41) is 0.777. The van der Waals surface area contributed by atoms with Crippen molar-refractivity contribution in [3.05, 3.63) is 29.5 Å². The van der Waals surface area contributed by atoms with E-state index >= 15 is 0 Å². The predicted octanol–water partition coefficient (Wildman–Crippen LogP) is 1.71. The fraction of sp³-hybridized carbons (Fsp3) is 0.182. The molecule has 78 valence electrons. The largest absolute Gasteiger partial charge is 0.398 e. The first-order chi connectivity index (χ1) is 7.27. The van der Waals surface area contributed by atoms with Gasteiger partial charge in [-0.1, -0.05) is 6.07 Å². The Hall–Kier alpha value is -1.81. The number of nitrogen functional groups attached to an aromatic ring is 1. The van der Waals surface area contributed by atoms with Crippen LogP contribution < -0.4 is 5.73 Å². The van der Waals surface area contributed by atoms with Crippen LogP contribution in [0.25, 0.3) is 10.9 Å². The smallest absolute Gasteiger partial charge is 0.152 e. The molecule has 0 amide bonds. The van der Waals surface area contributed by atoms with Crippen molar-refractivity contribution in [1.29, 1.82) is 0 Å². The summed E-state index contributed by atoms with van der Waals surface area (Å²) in [6, 6.07) is 3.79. The predicted molar refractivity (Wildman–Crippen MR) is 58.8 cm³/mol. The van der Waals surface area contributed by atoms with Gasteiger partial charge in [-0.15, -0.1) is 0 Å². The van der Waals surface area contributed by atoms with Crippen molar-refractivity contribution in [3.8, 4) is 0 Å². The lowest BCUT2D eigenvalue weighted by Gasteiger charge is -2.05. The van der Waals surface area contributed by atoms with Crippen LogP contribution in [-0.4, -0.2) is 18.4 Å². The quantitative estimate of drug-likeness (QED) is 0.590. The molecule has 0 atom stereocenters. The normalized spacial score (nSPS) is 10.7. The van der Waals surface area contributed by atoms with E-state index in [2.05, 4.69) is 4.98 Å². The number of hydrogen-bond acceptors (Lipinski definition) is 3. The lowest BCUT2D eigenvalue weighted by molar-refractivity contribution is 0.112. The van der Waals surface area contributed by atoms with E-state index in [1.165, 1.54) is 0 Å². The second kappa shape index (κ2) is 3.74. The minimum atomic E-state index is 0.450. The highest BCUT2D eigenvalue weighted by atomic mass is 16.5. The summed E-state index contributed by atoms with van der Waals surface area (Å²) in [5.74, 6) is 0. The van der Waals surface area contributed by atoms with Gasteiger partial charge in [0.25, 0.3) is 0 Å². The van der Waals surface area contributed by atoms with Gasteiger partial charge in [0.15, 0.2) is 6.29 Å². The highest BCUT2D eigenvalue weighted by molar-refractivity contribution is 6.04. The Bertz CT molecular complexity index is 503. The van der Waals surface area contributed by atoms with Crippen molar-refractivity contribution in [2.75, 3.05) is 12.8 Å². The number of methoxy groups -OCH3 is 1. The van der Waals surface area contributed by atoms with Gasteiger partial charge in [-0.25, -0.2) is 0 Å². The van der Waals surface area contributed by atoms with Gasteiger partial charge < -0.3 is 15.5 Å². The Kier molecular flexibility index (Phi) is 2.43. The number of benzene rings is 1. The van der Waals surface area contributed by atoms with Crippen molar-refractivity contribution >= 4 is 22.9 Å². The van der Waals surface area contributed by atoms with E-state index in [4.69, 9.17) is 10.5 Å². The van der Waals surface area contributed by atoms with E-state index in [9.17, 15) is 4.79 Å². The van der Waals surface area contributed by atoms with Gasteiger partial charge in [0.05, 0.1) is 6.61 Å². The van der Waals surface area contributed by atoms with E-state index in [0.717, 1.165) is 22.8 Å². The molecule has 0 bridgehead atoms. The highest BCUT2D eigenvalue weighted by Gasteiger charge is 2.09. The van der Waals surface area contributed by atoms with Gasteiger partial charge in [-0.3, -0.25) is 4.79 Å². The van der Waals surface area contributed by atoms with Gasteiger partial charge >= 0.3 is 0 Å². The molecular formula is C11H12N2O2. The highest BCUT2D eigenvalue weighted by Crippen LogP contribution is 2.27. The maximum Gasteiger partial charge on any atom is 0.152 e. The summed E-state index contributed by atoms with van der Waals surface area (Å²) in [4.78, 5) is 13.8. The summed E-state index contributed by atoms with van der Waals surface area (Å²) in [6.45, 7) is 0.450. The number of hydrogen-bond donors (Lipinski definition) is 2. The molecule has 3 N–H and O–H groups in total. The molecule has 1 heterocycles. The molecule has 2 rings (SSSR count). The number of carbonyl (C=O) groups is 1. The van der Waals surface area contributed by atoms with Crippen LogP contribution in [0.4, 0.5) is 5.69 Å². The van der Waals surface area contributed by atoms with Crippen LogP contribution in [0.15, 0.2) is 18.3 Å². The maximum absolute atomic E-state index is 10.8. The standard InChI is InChI=1S/C11H12N2O2/c1-15-6-7-2-3-9-10(11(7)12)8(5-14)4-13-9/h2-5,13H,6,12H2,1H3. The van der Waals surface area contributed by atoms with Gasteiger partial charge in [0.1, 0.15) is 0 Å². The van der Waals surface area contributed by atoms with Crippen LogP contribution in [0.1, 0.15) is 15.9 Å². The van der Waals surface area contributed by atoms with E-state index in [0.29, 0.717) is 17.9 Å². The van der Waals surface area contributed by atoms with E-state index < -0.39 is 0 Å².